The molecule has 2 aromatic rings. The average molecular weight is 983 g/mol. The zero-order valence-electron chi connectivity index (χ0n) is 41.2. The van der Waals surface area contributed by atoms with Crippen molar-refractivity contribution in [2.75, 3.05) is 104 Å². The van der Waals surface area contributed by atoms with E-state index in [-0.39, 0.29) is 47.5 Å². The van der Waals surface area contributed by atoms with Crippen LogP contribution in [0.4, 0.5) is 18.9 Å². The van der Waals surface area contributed by atoms with Crippen molar-refractivity contribution in [2.45, 2.75) is 94.2 Å². The number of hydrogen-bond donors (Lipinski definition) is 2. The zero-order chi connectivity index (χ0) is 49.4. The van der Waals surface area contributed by atoms with Crippen LogP contribution in [0.15, 0.2) is 77.7 Å². The molecule has 1 unspecified atom stereocenters. The summed E-state index contributed by atoms with van der Waals surface area (Å²) in [5.74, 6) is -1.18. The van der Waals surface area contributed by atoms with Gasteiger partial charge in [0.15, 0.2) is 0 Å². The normalized spacial score (nSPS) is 27.4. The van der Waals surface area contributed by atoms with Gasteiger partial charge in [0.25, 0.3) is 5.91 Å². The van der Waals surface area contributed by atoms with E-state index in [1.165, 1.54) is 17.1 Å². The Balaban J connectivity index is 0.630. The first-order valence-electron chi connectivity index (χ1n) is 25.9. The van der Waals surface area contributed by atoms with Crippen molar-refractivity contribution in [2.24, 2.45) is 11.8 Å². The minimum Gasteiger partial charge on any atom is -0.381 e. The molecule has 0 radical (unpaired) electrons. The van der Waals surface area contributed by atoms with Gasteiger partial charge in [-0.25, -0.2) is 0 Å². The number of likely N-dealkylation sites (tertiary alicyclic amines) is 2. The number of methoxy groups -OCH3 is 1. The summed E-state index contributed by atoms with van der Waals surface area (Å²) in [5, 5.41) is 5.69. The summed E-state index contributed by atoms with van der Waals surface area (Å²) in [4.78, 5) is 63.6. The molecule has 7 heterocycles. The molecule has 2 atom stereocenters. The van der Waals surface area contributed by atoms with E-state index in [1.54, 1.807) is 18.2 Å². The number of allylic oxidation sites excluding steroid dienone is 1. The number of imide groups is 1. The summed E-state index contributed by atoms with van der Waals surface area (Å²) in [6.45, 7) is 11.5. The van der Waals surface area contributed by atoms with Crippen molar-refractivity contribution >= 4 is 29.3 Å². The minimum absolute atomic E-state index is 0.0648. The highest BCUT2D eigenvalue weighted by Crippen LogP contribution is 2.46. The quantitative estimate of drug-likeness (QED) is 0.221. The van der Waals surface area contributed by atoms with E-state index in [0.29, 0.717) is 62.7 Å². The van der Waals surface area contributed by atoms with Crippen molar-refractivity contribution in [3.8, 4) is 0 Å². The molecule has 8 aliphatic rings. The molecule has 2 N–H and O–H groups in total. The zero-order valence-corrected chi connectivity index (χ0v) is 41.2. The average Bonchev–Trinajstić information content (AvgIpc) is 3.84. The second-order valence-electron chi connectivity index (χ2n) is 21.3. The maximum absolute atomic E-state index is 14.6. The van der Waals surface area contributed by atoms with Gasteiger partial charge >= 0.3 is 6.18 Å². The number of hydrogen-bond acceptors (Lipinski definition) is 11. The maximum atomic E-state index is 14.6. The molecule has 7 aliphatic heterocycles. The molecule has 2 aromatic carbocycles. The second-order valence-corrected chi connectivity index (χ2v) is 21.3. The Morgan fingerprint density at radius 3 is 2.34 bits per heavy atom. The van der Waals surface area contributed by atoms with E-state index < -0.39 is 29.6 Å². The van der Waals surface area contributed by atoms with E-state index in [2.05, 4.69) is 48.4 Å². The number of halogens is 3. The maximum Gasteiger partial charge on any atom is 0.418 e. The predicted octanol–water partition coefficient (Wildman–Crippen LogP) is 5.00. The molecule has 4 saturated heterocycles. The van der Waals surface area contributed by atoms with Crippen LogP contribution in [0.25, 0.3) is 0 Å². The number of carbonyl (C=O) groups is 4. The van der Waals surface area contributed by atoms with Gasteiger partial charge in [0.05, 0.1) is 36.0 Å². The summed E-state index contributed by atoms with van der Waals surface area (Å²) in [7, 11) is 3.66. The Hall–Kier alpha value is -4.91. The van der Waals surface area contributed by atoms with Gasteiger partial charge < -0.3 is 29.5 Å². The summed E-state index contributed by atoms with van der Waals surface area (Å²) >= 11 is 0. The highest BCUT2D eigenvalue weighted by molar-refractivity contribution is 6.05. The molecule has 4 amide bonds. The van der Waals surface area contributed by atoms with Crippen LogP contribution in [-0.2, 0) is 42.2 Å². The van der Waals surface area contributed by atoms with Crippen LogP contribution in [0, 0.1) is 11.8 Å². The van der Waals surface area contributed by atoms with Crippen LogP contribution < -0.4 is 15.5 Å². The smallest absolute Gasteiger partial charge is 0.381 e. The number of anilines is 1. The van der Waals surface area contributed by atoms with Crippen LogP contribution in [-0.4, -0.2) is 172 Å². The fourth-order valence-corrected chi connectivity index (χ4v) is 12.5. The third-order valence-corrected chi connectivity index (χ3v) is 16.6. The van der Waals surface area contributed by atoms with E-state index >= 15 is 0 Å². The first-order chi connectivity index (χ1) is 34.2. The largest absolute Gasteiger partial charge is 0.418 e. The number of amides is 4. The number of carbonyl (C=O) groups excluding carboxylic acids is 4. The number of nitrogens with zero attached hydrogens (tertiary/aromatic N) is 6. The first-order valence-corrected chi connectivity index (χ1v) is 25.9. The summed E-state index contributed by atoms with van der Waals surface area (Å²) < 4.78 is 55.8. The minimum atomic E-state index is -4.60. The molecule has 382 valence electrons. The van der Waals surface area contributed by atoms with Crippen molar-refractivity contribution in [3.63, 3.8) is 0 Å². The summed E-state index contributed by atoms with van der Waals surface area (Å²) in [6, 6.07) is 13.6. The Bertz CT molecular complexity index is 2430. The fraction of sp³-hybridized carbons (Fsp3) is 0.593. The summed E-state index contributed by atoms with van der Waals surface area (Å²) in [6.07, 6.45) is 6.73. The van der Waals surface area contributed by atoms with Gasteiger partial charge in [-0.15, -0.1) is 0 Å². The molecule has 1 aliphatic carbocycles. The van der Waals surface area contributed by atoms with Crippen molar-refractivity contribution in [1.82, 2.24) is 35.1 Å². The second kappa shape index (κ2) is 20.9. The lowest BCUT2D eigenvalue weighted by Gasteiger charge is -2.47. The number of likely N-dealkylation sites (N-methyl/N-ethyl adjacent to an activating group) is 1. The third-order valence-electron chi connectivity index (χ3n) is 16.6. The lowest BCUT2D eigenvalue weighted by molar-refractivity contribution is -0.137. The van der Waals surface area contributed by atoms with Crippen LogP contribution in [0.2, 0.25) is 0 Å². The molecule has 0 aromatic heterocycles. The predicted molar refractivity (Wildman–Crippen MR) is 262 cm³/mol. The third kappa shape index (κ3) is 10.8. The lowest BCUT2D eigenvalue weighted by Crippen LogP contribution is -2.52. The van der Waals surface area contributed by atoms with Crippen LogP contribution in [0.5, 0.6) is 0 Å². The molecule has 10 rings (SSSR count). The van der Waals surface area contributed by atoms with Gasteiger partial charge in [0.1, 0.15) is 6.04 Å². The molecule has 17 heteroatoms. The van der Waals surface area contributed by atoms with E-state index in [4.69, 9.17) is 9.47 Å². The van der Waals surface area contributed by atoms with Crippen molar-refractivity contribution in [1.29, 1.82) is 0 Å². The Kier molecular flexibility index (Phi) is 14.6. The monoisotopic (exact) mass is 983 g/mol. The molecular weight excluding hydrogens is 914 g/mol. The van der Waals surface area contributed by atoms with Gasteiger partial charge in [-0.2, -0.15) is 13.2 Å². The van der Waals surface area contributed by atoms with Crippen molar-refractivity contribution in [3.05, 3.63) is 99.9 Å². The molecular formula is C54H69F3N8O6. The highest BCUT2D eigenvalue weighted by Gasteiger charge is 2.47. The van der Waals surface area contributed by atoms with Crippen LogP contribution in [0.3, 0.4) is 0 Å². The Morgan fingerprint density at radius 2 is 1.62 bits per heavy atom. The highest BCUT2D eigenvalue weighted by atomic mass is 19.4. The number of piperazine rings is 1. The number of rotatable bonds is 16. The topological polar surface area (TPSA) is 130 Å². The van der Waals surface area contributed by atoms with Gasteiger partial charge in [-0.3, -0.25) is 39.2 Å². The number of fused-ring (bicyclic) bond motifs is 2. The van der Waals surface area contributed by atoms with Gasteiger partial charge in [-0.1, -0.05) is 24.3 Å². The SMILES string of the molecule is CNCC1(c2cccc(CC3C=C4C(C(F)(F)F)=CC(CN5CCC(OCCN6CCC(CN7CCN(c8ccc9c(c8)CN([C@@H]8CCC(=O)NC8=O)C9=O)CC7)CC6)CC5)=CN4C3=O)c2)CC(OC)C1. The Morgan fingerprint density at radius 1 is 0.859 bits per heavy atom. The fourth-order valence-electron chi connectivity index (χ4n) is 12.5. The lowest BCUT2D eigenvalue weighted by atomic mass is 9.62. The molecule has 14 nitrogen and oxygen atoms in total. The molecule has 71 heavy (non-hydrogen) atoms. The van der Waals surface area contributed by atoms with Gasteiger partial charge in [-0.05, 0) is 130 Å². The number of nitrogens with one attached hydrogen (secondary N) is 2. The van der Waals surface area contributed by atoms with Gasteiger partial charge in [0.2, 0.25) is 17.7 Å². The van der Waals surface area contributed by atoms with E-state index in [1.807, 2.05) is 31.3 Å². The number of alkyl halides is 3. The van der Waals surface area contributed by atoms with E-state index in [9.17, 15) is 32.3 Å². The molecule has 0 spiro atoms. The van der Waals surface area contributed by atoms with Crippen LogP contribution in [0.1, 0.15) is 78.4 Å². The molecule has 5 fully saturated rings. The molecule has 0 bridgehead atoms. The summed E-state index contributed by atoms with van der Waals surface area (Å²) in [5.41, 5.74) is 4.36. The molecule has 1 saturated carbocycles. The van der Waals surface area contributed by atoms with E-state index in [0.717, 1.165) is 120 Å². The van der Waals surface area contributed by atoms with Crippen LogP contribution >= 0.6 is 0 Å². The number of benzene rings is 2. The Labute approximate surface area is 415 Å². The number of piperidine rings is 3. The first kappa shape index (κ1) is 49.7. The van der Waals surface area contributed by atoms with Gasteiger partial charge in [0, 0.05) is 108 Å². The van der Waals surface area contributed by atoms with Crippen molar-refractivity contribution < 1.29 is 41.8 Å². The number of ether oxygens (including phenoxy) is 2. The standard InChI is InChI=1S/C54H69F3N8O6/c1-58-35-53(29-44(30-53)70-2)41-5-3-4-37(25-41)24-39-28-48-46(54(55,56)57)26-38(33-64(48)51(39)68)32-61-16-12-43(13-17-61)71-23-22-60-14-10-36(11-15-60)31-62-18-20-63(21-19-62)42-6-7-45-40(27-42)34-65(52(45)69)47-8-9-49(66)59-50(47)67/h3-7,25-28,33,36,39,43-44,47,58H,8-24,29-32,34-35H2,1-2H3,(H,59,66,67)/t39?,44?,47-,53?/m1/s1.